The van der Waals surface area contributed by atoms with Crippen molar-refractivity contribution in [2.24, 2.45) is 0 Å². The molecular weight excluding hydrogens is 739 g/mol. The first-order valence-electron chi connectivity index (χ1n) is 22.2. The van der Waals surface area contributed by atoms with Crippen LogP contribution in [-0.2, 0) is 31.9 Å². The molecule has 6 heterocycles. The Labute approximate surface area is 344 Å². The lowest BCUT2D eigenvalue weighted by molar-refractivity contribution is -0.686. The summed E-state index contributed by atoms with van der Waals surface area (Å²) in [6.07, 6.45) is 7.02. The van der Waals surface area contributed by atoms with E-state index in [0.29, 0.717) is 26.4 Å². The fourth-order valence-corrected chi connectivity index (χ4v) is 8.68. The number of aryl methyl sites for hydroxylation is 2. The second-order valence-corrected chi connectivity index (χ2v) is 16.1. The molecule has 58 heavy (non-hydrogen) atoms. The highest BCUT2D eigenvalue weighted by atomic mass is 16.5. The van der Waals surface area contributed by atoms with Crippen molar-refractivity contribution in [3.05, 3.63) is 42.1 Å². The topological polar surface area (TPSA) is 90.7 Å². The first-order chi connectivity index (χ1) is 28.8. The standard InChI is InChI=1S/C45H66N5O8/c1(8-46-13-25-51-26-14-46)21-55-42-6-5-37-33-41-39-35-44(57-23-3-10-48-17-29-53-30-18-48)43(56-22-2-9-47-15-27-52-28-16-47)34-38(39)7-12-50(41)36-40(37)45(42)58-24-4-11-49-19-31-54-32-20-49/h5-6,33-36H,1-4,7-32H2/q+1. The summed E-state index contributed by atoms with van der Waals surface area (Å²) in [5, 5.41) is 2.23. The second kappa shape index (κ2) is 21.8. The molecule has 1 aromatic heterocycles. The van der Waals surface area contributed by atoms with Crippen molar-refractivity contribution in [3.8, 4) is 34.3 Å². The molecule has 13 nitrogen and oxygen atoms in total. The van der Waals surface area contributed by atoms with Gasteiger partial charge in [0.25, 0.3) is 0 Å². The molecule has 0 amide bonds. The van der Waals surface area contributed by atoms with Gasteiger partial charge in [0.2, 0.25) is 5.69 Å². The van der Waals surface area contributed by atoms with E-state index in [1.165, 1.54) is 16.8 Å². The zero-order chi connectivity index (χ0) is 39.2. The van der Waals surface area contributed by atoms with Crippen LogP contribution in [0.2, 0.25) is 0 Å². The van der Waals surface area contributed by atoms with E-state index in [9.17, 15) is 0 Å². The minimum absolute atomic E-state index is 0.632. The molecule has 318 valence electrons. The SMILES string of the molecule is c1c2c(cc(OCCCN3CCOCC3)c1OCCCN1CCOCC1)-c1cc3ccc(OCCCN4CCOCC4)c(OCCCN4CCOCC4)c3c[n+]1CC2. The molecule has 0 aliphatic carbocycles. The smallest absolute Gasteiger partial charge is 0.213 e. The number of fused-ring (bicyclic) bond motifs is 4. The molecule has 5 aliphatic heterocycles. The normalized spacial score (nSPS) is 19.8. The summed E-state index contributed by atoms with van der Waals surface area (Å²) in [5.41, 5.74) is 3.68. The average Bonchev–Trinajstić information content (AvgIpc) is 3.28. The predicted octanol–water partition coefficient (Wildman–Crippen LogP) is 3.75. The van der Waals surface area contributed by atoms with Gasteiger partial charge in [-0.2, -0.15) is 4.57 Å². The van der Waals surface area contributed by atoms with Crippen LogP contribution in [-0.4, -0.2) is 177 Å². The quantitative estimate of drug-likeness (QED) is 0.123. The average molecular weight is 805 g/mol. The number of hydrogen-bond acceptors (Lipinski definition) is 12. The van der Waals surface area contributed by atoms with Crippen LogP contribution in [0.1, 0.15) is 31.2 Å². The molecule has 5 aliphatic rings. The Morgan fingerprint density at radius 3 is 1.45 bits per heavy atom. The number of pyridine rings is 1. The van der Waals surface area contributed by atoms with E-state index in [0.717, 1.165) is 204 Å². The maximum absolute atomic E-state index is 6.69. The first kappa shape index (κ1) is 41.5. The van der Waals surface area contributed by atoms with Crippen LogP contribution in [0.25, 0.3) is 22.0 Å². The summed E-state index contributed by atoms with van der Waals surface area (Å²) in [6.45, 7) is 21.9. The zero-order valence-electron chi connectivity index (χ0n) is 34.7. The lowest BCUT2D eigenvalue weighted by atomic mass is 9.95. The minimum atomic E-state index is 0.632. The minimum Gasteiger partial charge on any atom is -0.490 e. The number of nitrogens with zero attached hydrogens (tertiary/aromatic N) is 5. The lowest BCUT2D eigenvalue weighted by Crippen LogP contribution is -2.40. The molecule has 0 bridgehead atoms. The Morgan fingerprint density at radius 1 is 0.500 bits per heavy atom. The van der Waals surface area contributed by atoms with Gasteiger partial charge in [-0.1, -0.05) is 0 Å². The monoisotopic (exact) mass is 804 g/mol. The number of rotatable bonds is 20. The molecule has 4 saturated heterocycles. The Balaban J connectivity index is 0.998. The van der Waals surface area contributed by atoms with Gasteiger partial charge in [0.15, 0.2) is 35.7 Å². The Hall–Kier alpha value is -3.27. The Bertz CT molecular complexity index is 1720. The van der Waals surface area contributed by atoms with E-state index in [1.807, 2.05) is 0 Å². The van der Waals surface area contributed by atoms with Crippen molar-refractivity contribution in [1.29, 1.82) is 0 Å². The van der Waals surface area contributed by atoms with Crippen LogP contribution in [0.15, 0.2) is 36.5 Å². The molecule has 0 atom stereocenters. The van der Waals surface area contributed by atoms with Gasteiger partial charge in [0, 0.05) is 91.0 Å². The Morgan fingerprint density at radius 2 is 0.948 bits per heavy atom. The summed E-state index contributed by atoms with van der Waals surface area (Å²) in [5.74, 6) is 3.34. The van der Waals surface area contributed by atoms with Crippen molar-refractivity contribution in [3.63, 3.8) is 0 Å². The molecule has 0 unspecified atom stereocenters. The Kier molecular flexibility index (Phi) is 15.6. The number of benzene rings is 2. The summed E-state index contributed by atoms with van der Waals surface area (Å²) in [6, 6.07) is 11.1. The van der Waals surface area contributed by atoms with E-state index < -0.39 is 0 Å². The molecule has 0 radical (unpaired) electrons. The molecule has 0 N–H and O–H groups in total. The summed E-state index contributed by atoms with van der Waals surface area (Å²) >= 11 is 0. The van der Waals surface area contributed by atoms with Crippen LogP contribution in [0.4, 0.5) is 0 Å². The number of morpholine rings is 4. The third kappa shape index (κ3) is 11.5. The van der Waals surface area contributed by atoms with Crippen molar-refractivity contribution in [2.45, 2.75) is 38.6 Å². The van der Waals surface area contributed by atoms with Gasteiger partial charge in [-0.15, -0.1) is 0 Å². The zero-order valence-corrected chi connectivity index (χ0v) is 34.7. The molecule has 4 fully saturated rings. The van der Waals surface area contributed by atoms with E-state index in [4.69, 9.17) is 37.9 Å². The largest absolute Gasteiger partial charge is 0.490 e. The highest BCUT2D eigenvalue weighted by Crippen LogP contribution is 2.41. The van der Waals surface area contributed by atoms with E-state index in [1.54, 1.807) is 0 Å². The van der Waals surface area contributed by atoms with Crippen molar-refractivity contribution in [1.82, 2.24) is 19.6 Å². The summed E-state index contributed by atoms with van der Waals surface area (Å²) < 4.78 is 50.9. The van der Waals surface area contributed by atoms with Gasteiger partial charge in [0.05, 0.1) is 90.2 Å². The molecule has 8 rings (SSSR count). The molecule has 3 aromatic rings. The second-order valence-electron chi connectivity index (χ2n) is 16.1. The third-order valence-electron chi connectivity index (χ3n) is 12.1. The predicted molar refractivity (Wildman–Crippen MR) is 223 cm³/mol. The van der Waals surface area contributed by atoms with Gasteiger partial charge < -0.3 is 37.9 Å². The van der Waals surface area contributed by atoms with Crippen LogP contribution in [0, 0.1) is 0 Å². The van der Waals surface area contributed by atoms with Crippen molar-refractivity contribution < 1.29 is 42.5 Å². The van der Waals surface area contributed by atoms with E-state index in [-0.39, 0.29) is 0 Å². The molecule has 0 saturated carbocycles. The number of aromatic nitrogens is 1. The lowest BCUT2D eigenvalue weighted by Gasteiger charge is -2.27. The summed E-state index contributed by atoms with van der Waals surface area (Å²) in [7, 11) is 0. The number of ether oxygens (including phenoxy) is 8. The van der Waals surface area contributed by atoms with E-state index in [2.05, 4.69) is 60.7 Å². The van der Waals surface area contributed by atoms with Gasteiger partial charge in [-0.25, -0.2) is 0 Å². The van der Waals surface area contributed by atoms with E-state index >= 15 is 0 Å². The molecule has 0 spiro atoms. The highest BCUT2D eigenvalue weighted by Gasteiger charge is 2.28. The van der Waals surface area contributed by atoms with Crippen LogP contribution < -0.4 is 23.5 Å². The highest BCUT2D eigenvalue weighted by molar-refractivity contribution is 5.91. The first-order valence-corrected chi connectivity index (χ1v) is 22.2. The fraction of sp³-hybridized carbons (Fsp3) is 0.667. The fourth-order valence-electron chi connectivity index (χ4n) is 8.68. The van der Waals surface area contributed by atoms with Crippen LogP contribution in [0.5, 0.6) is 23.0 Å². The van der Waals surface area contributed by atoms with Gasteiger partial charge >= 0.3 is 0 Å². The van der Waals surface area contributed by atoms with Crippen molar-refractivity contribution in [2.75, 3.05) is 158 Å². The molecule has 2 aromatic carbocycles. The van der Waals surface area contributed by atoms with Crippen molar-refractivity contribution >= 4 is 10.8 Å². The maximum atomic E-state index is 6.69. The summed E-state index contributed by atoms with van der Waals surface area (Å²) in [4.78, 5) is 9.85. The maximum Gasteiger partial charge on any atom is 0.213 e. The third-order valence-corrected chi connectivity index (χ3v) is 12.1. The van der Waals surface area contributed by atoms with Crippen LogP contribution in [0.3, 0.4) is 0 Å². The van der Waals surface area contributed by atoms with Crippen LogP contribution >= 0.6 is 0 Å². The van der Waals surface area contributed by atoms with Gasteiger partial charge in [-0.3, -0.25) is 19.6 Å². The number of hydrogen-bond donors (Lipinski definition) is 0. The van der Waals surface area contributed by atoms with Gasteiger partial charge in [0.1, 0.15) is 0 Å². The molecule has 13 heteroatoms. The molecular formula is C45H66N5O8+. The van der Waals surface area contributed by atoms with Gasteiger partial charge in [-0.05, 0) is 60.9 Å².